The Morgan fingerprint density at radius 1 is 0.382 bits per heavy atom. The van der Waals surface area contributed by atoms with Crippen LogP contribution in [-0.2, 0) is 67.1 Å². The molecule has 0 bridgehead atoms. The Morgan fingerprint density at radius 2 is 0.685 bits per heavy atom. The molecule has 37 heteroatoms. The average Bonchev–Trinajstić information content (AvgIpc) is 3.62. The summed E-state index contributed by atoms with van der Waals surface area (Å²) in [6.07, 6.45) is -5.03. The van der Waals surface area contributed by atoms with Gasteiger partial charge >= 0.3 is 17.9 Å². The van der Waals surface area contributed by atoms with E-state index in [1.54, 1.807) is 27.7 Å². The van der Waals surface area contributed by atoms with E-state index in [-0.39, 0.29) is 88.3 Å². The number of rotatable bonds is 47. The molecule has 0 aliphatic heterocycles. The molecule has 0 fully saturated rings. The number of aliphatic carboxylic acids is 3. The molecule has 29 N–H and O–H groups in total. The first-order valence-corrected chi connectivity index (χ1v) is 28.8. The van der Waals surface area contributed by atoms with Crippen LogP contribution in [-0.4, -0.2) is 202 Å². The zero-order valence-corrected chi connectivity index (χ0v) is 50.6. The van der Waals surface area contributed by atoms with Crippen molar-refractivity contribution in [2.45, 2.75) is 191 Å². The highest BCUT2D eigenvalue weighted by Gasteiger charge is 2.37. The number of hydrogen-bond donors (Lipinski definition) is 21. The van der Waals surface area contributed by atoms with Crippen LogP contribution in [0.4, 0.5) is 0 Å². The molecule has 10 atom stereocenters. The van der Waals surface area contributed by atoms with E-state index in [0.29, 0.717) is 12.8 Å². The van der Waals surface area contributed by atoms with Crippen LogP contribution in [0.1, 0.15) is 130 Å². The summed E-state index contributed by atoms with van der Waals surface area (Å²) in [7, 11) is 0. The maximum Gasteiger partial charge on any atom is 0.326 e. The van der Waals surface area contributed by atoms with Crippen molar-refractivity contribution in [2.24, 2.45) is 67.7 Å². The number of amides is 11. The van der Waals surface area contributed by atoms with Crippen LogP contribution >= 0.6 is 0 Å². The van der Waals surface area contributed by atoms with Crippen LogP contribution in [0.25, 0.3) is 0 Å². The lowest BCUT2D eigenvalue weighted by molar-refractivity contribution is -0.143. The molecule has 0 aliphatic carbocycles. The summed E-state index contributed by atoms with van der Waals surface area (Å²) < 4.78 is 0. The molecular weight excluding hydrogens is 1180 g/mol. The number of carboxylic acid groups (broad SMARTS) is 3. The van der Waals surface area contributed by atoms with E-state index in [1.807, 2.05) is 0 Å². The minimum atomic E-state index is -2.06. The monoisotopic (exact) mass is 1270 g/mol. The summed E-state index contributed by atoms with van der Waals surface area (Å²) in [5.74, 6) is -17.8. The predicted octanol–water partition coefficient (Wildman–Crippen LogP) is -8.05. The normalized spacial score (nSPS) is 14.3. The van der Waals surface area contributed by atoms with Gasteiger partial charge in [0.25, 0.3) is 0 Å². The first-order valence-electron chi connectivity index (χ1n) is 28.8. The molecule has 0 saturated carbocycles. The van der Waals surface area contributed by atoms with E-state index >= 15 is 0 Å². The molecule has 0 aliphatic rings. The topological polar surface area (TPSA) is 661 Å². The van der Waals surface area contributed by atoms with E-state index < -0.39 is 195 Å². The summed E-state index contributed by atoms with van der Waals surface area (Å²) in [6, 6.07) is -16.4. The van der Waals surface area contributed by atoms with Crippen LogP contribution in [0.5, 0.6) is 0 Å². The van der Waals surface area contributed by atoms with Gasteiger partial charge in [0.2, 0.25) is 65.0 Å². The Balaban J connectivity index is 7.31. The zero-order chi connectivity index (χ0) is 68.1. The van der Waals surface area contributed by atoms with Gasteiger partial charge < -0.3 is 114 Å². The third kappa shape index (κ3) is 35.4. The standard InChI is InChI=1S/C52H93N19O18/c1-25(2)21-34(69-41(79)27(54)24-72)47(85)64-29(11-8-20-62-52(59)60)43(81)71-36(23-40(77)78)49(87)67-30(12-15-37(55)73)44(82)63-28(10-7-19-61-51(57)58)42(80)66-32(14-17-39(75)76)45(83)65-31(13-16-38(56)74)46(84)70-35(22-26(3)4)48(86)68-33(50(88)89)9-5-6-18-53/h25-36,72H,5-24,53-54H2,1-4H3,(H2,55,73)(H2,56,74)(H,63,82)(H,64,85)(H,65,83)(H,66,80)(H,67,87)(H,68,86)(H,69,79)(H,70,84)(H,71,81)(H,75,76)(H,77,78)(H,88,89)(H4,57,58,61)(H4,59,60,62)/t27-,28-,29-,30-,31-,32-,33-,34-,35-,36-/m0/s1. The van der Waals surface area contributed by atoms with Crippen molar-refractivity contribution in [2.75, 3.05) is 26.2 Å². The predicted molar refractivity (Wildman–Crippen MR) is 318 cm³/mol. The van der Waals surface area contributed by atoms with E-state index in [9.17, 15) is 87.5 Å². The van der Waals surface area contributed by atoms with Crippen LogP contribution in [0.15, 0.2) is 9.98 Å². The lowest BCUT2D eigenvalue weighted by atomic mass is 10.0. The fourth-order valence-corrected chi connectivity index (χ4v) is 8.27. The Bertz CT molecular complexity index is 2480. The van der Waals surface area contributed by atoms with Gasteiger partial charge in [-0.15, -0.1) is 0 Å². The van der Waals surface area contributed by atoms with E-state index in [0.717, 1.165) is 0 Å². The Kier molecular flexibility index (Phi) is 38.5. The van der Waals surface area contributed by atoms with Crippen LogP contribution in [0, 0.1) is 11.8 Å². The van der Waals surface area contributed by atoms with Crippen LogP contribution in [0.2, 0.25) is 0 Å². The third-order valence-corrected chi connectivity index (χ3v) is 12.8. The summed E-state index contributed by atoms with van der Waals surface area (Å²) in [6.45, 7) is 6.02. The zero-order valence-electron chi connectivity index (χ0n) is 50.6. The van der Waals surface area contributed by atoms with Gasteiger partial charge in [0.05, 0.1) is 13.0 Å². The second kappa shape index (κ2) is 42.8. The molecule has 0 rings (SSSR count). The number of carboxylic acids is 3. The number of carbonyl (C=O) groups excluding carboxylic acids is 11. The number of carbonyl (C=O) groups is 14. The highest BCUT2D eigenvalue weighted by Crippen LogP contribution is 2.13. The summed E-state index contributed by atoms with van der Waals surface area (Å²) in [5.41, 5.74) is 43.7. The molecule has 0 radical (unpaired) electrons. The molecule has 37 nitrogen and oxygen atoms in total. The molecule has 0 spiro atoms. The van der Waals surface area contributed by atoms with Gasteiger partial charge in [0.15, 0.2) is 11.9 Å². The van der Waals surface area contributed by atoms with Gasteiger partial charge in [-0.1, -0.05) is 27.7 Å². The van der Waals surface area contributed by atoms with Crippen molar-refractivity contribution in [1.82, 2.24) is 47.9 Å². The number of nitrogens with zero attached hydrogens (tertiary/aromatic N) is 2. The summed E-state index contributed by atoms with van der Waals surface area (Å²) >= 11 is 0. The van der Waals surface area contributed by atoms with Crippen LogP contribution < -0.4 is 93.7 Å². The molecule has 0 aromatic carbocycles. The van der Waals surface area contributed by atoms with Crippen molar-refractivity contribution < 1.29 is 87.5 Å². The number of hydrogen-bond acceptors (Lipinski definition) is 19. The number of aliphatic hydroxyl groups excluding tert-OH is 1. The highest BCUT2D eigenvalue weighted by molar-refractivity contribution is 5.99. The number of guanidine groups is 2. The lowest BCUT2D eigenvalue weighted by Gasteiger charge is -2.28. The summed E-state index contributed by atoms with van der Waals surface area (Å²) in [4.78, 5) is 193. The second-order valence-electron chi connectivity index (χ2n) is 21.7. The average molecular weight is 1270 g/mol. The second-order valence-corrected chi connectivity index (χ2v) is 21.7. The number of primary amides is 2. The van der Waals surface area contributed by atoms with Gasteiger partial charge in [-0.3, -0.25) is 72.3 Å². The SMILES string of the molecule is CC(C)C[C@H](NC(=O)[C@H](CCC(N)=O)NC(=O)[C@H](CCC(=O)O)NC(=O)[C@H](CCCN=C(N)N)NC(=O)[C@H](CCC(N)=O)NC(=O)[C@H](CC(=O)O)NC(=O)[C@H](CCCN=C(N)N)NC(=O)[C@H](CC(C)C)NC(=O)[C@@H](N)CO)C(=O)N[C@@H](CCCCN)C(=O)O. The number of nitrogens with two attached hydrogens (primary N) is 8. The molecule has 11 amide bonds. The molecular formula is C52H93N19O18. The number of unbranched alkanes of at least 4 members (excludes halogenated alkanes) is 1. The Labute approximate surface area is 513 Å². The number of aliphatic hydroxyl groups is 1. The van der Waals surface area contributed by atoms with Crippen molar-refractivity contribution in [3.8, 4) is 0 Å². The molecule has 0 unspecified atom stereocenters. The van der Waals surface area contributed by atoms with Crippen molar-refractivity contribution in [3.63, 3.8) is 0 Å². The van der Waals surface area contributed by atoms with E-state index in [2.05, 4.69) is 57.8 Å². The van der Waals surface area contributed by atoms with Gasteiger partial charge in [-0.05, 0) is 95.4 Å². The third-order valence-electron chi connectivity index (χ3n) is 12.8. The molecule has 0 aromatic rings. The quantitative estimate of drug-likeness (QED) is 0.0153. The van der Waals surface area contributed by atoms with Gasteiger partial charge in [0, 0.05) is 32.4 Å². The first kappa shape index (κ1) is 80.0. The lowest BCUT2D eigenvalue weighted by Crippen LogP contribution is -2.61. The number of nitrogens with one attached hydrogen (secondary N) is 9. The minimum absolute atomic E-state index is 0.00190. The molecule has 0 saturated heterocycles. The van der Waals surface area contributed by atoms with Crippen LogP contribution in [0.3, 0.4) is 0 Å². The Hall–Kier alpha value is -9.00. The van der Waals surface area contributed by atoms with Crippen molar-refractivity contribution in [3.05, 3.63) is 0 Å². The van der Waals surface area contributed by atoms with Gasteiger partial charge in [-0.25, -0.2) is 4.79 Å². The molecule has 89 heavy (non-hydrogen) atoms. The fourth-order valence-electron chi connectivity index (χ4n) is 8.27. The highest BCUT2D eigenvalue weighted by atomic mass is 16.4. The smallest absolute Gasteiger partial charge is 0.326 e. The van der Waals surface area contributed by atoms with Gasteiger partial charge in [0.1, 0.15) is 60.4 Å². The van der Waals surface area contributed by atoms with Gasteiger partial charge in [-0.2, -0.15) is 0 Å². The maximum atomic E-state index is 14.3. The molecule has 0 heterocycles. The summed E-state index contributed by atoms with van der Waals surface area (Å²) in [5, 5.41) is 59.9. The van der Waals surface area contributed by atoms with E-state index in [4.69, 9.17) is 45.9 Å². The van der Waals surface area contributed by atoms with E-state index in [1.165, 1.54) is 0 Å². The molecule has 0 aromatic heterocycles. The fraction of sp³-hybridized carbons (Fsp3) is 0.692. The number of aliphatic imine (C=N–C) groups is 2. The minimum Gasteiger partial charge on any atom is -0.481 e. The molecule has 504 valence electrons. The Morgan fingerprint density at radius 3 is 1.00 bits per heavy atom. The maximum absolute atomic E-state index is 14.3. The van der Waals surface area contributed by atoms with Crippen molar-refractivity contribution in [1.29, 1.82) is 0 Å². The first-order chi connectivity index (χ1) is 41.6. The largest absolute Gasteiger partial charge is 0.481 e. The van der Waals surface area contributed by atoms with Crippen molar-refractivity contribution >= 4 is 94.8 Å².